The molecule has 0 saturated carbocycles. The summed E-state index contributed by atoms with van der Waals surface area (Å²) in [6.45, 7) is 0.355. The lowest BCUT2D eigenvalue weighted by atomic mass is 10.3. The molecule has 1 N–H and O–H groups in total. The van der Waals surface area contributed by atoms with E-state index in [1.165, 1.54) is 0 Å². The molecule has 2 aromatic carbocycles. The van der Waals surface area contributed by atoms with Gasteiger partial charge >= 0.3 is 0 Å². The molecule has 4 nitrogen and oxygen atoms in total. The summed E-state index contributed by atoms with van der Waals surface area (Å²) < 4.78 is 16.0. The zero-order valence-electron chi connectivity index (χ0n) is 11.4. The van der Waals surface area contributed by atoms with Crippen LogP contribution in [0.4, 0.5) is 0 Å². The molecule has 106 valence electrons. The van der Waals surface area contributed by atoms with E-state index in [4.69, 9.17) is 14.2 Å². The van der Waals surface area contributed by atoms with Gasteiger partial charge in [0.05, 0.1) is 7.11 Å². The number of rotatable bonds is 7. The zero-order chi connectivity index (χ0) is 14.2. The monoisotopic (exact) mass is 274 g/mol. The van der Waals surface area contributed by atoms with Crippen LogP contribution >= 0.6 is 0 Å². The van der Waals surface area contributed by atoms with Crippen molar-refractivity contribution < 1.29 is 19.3 Å². The van der Waals surface area contributed by atoms with Crippen molar-refractivity contribution in [1.82, 2.24) is 0 Å². The van der Waals surface area contributed by atoms with Crippen LogP contribution in [0.25, 0.3) is 0 Å². The Morgan fingerprint density at radius 2 is 1.45 bits per heavy atom. The van der Waals surface area contributed by atoms with E-state index in [9.17, 15) is 5.11 Å². The van der Waals surface area contributed by atoms with Gasteiger partial charge in [-0.25, -0.2) is 0 Å². The molecule has 2 aromatic rings. The van der Waals surface area contributed by atoms with Gasteiger partial charge in [-0.3, -0.25) is 0 Å². The van der Waals surface area contributed by atoms with Crippen LogP contribution in [0.2, 0.25) is 0 Å². The molecule has 4 heteroatoms. The maximum absolute atomic E-state index is 9.82. The maximum Gasteiger partial charge on any atom is 0.123 e. The van der Waals surface area contributed by atoms with Gasteiger partial charge in [0, 0.05) is 6.07 Å². The Morgan fingerprint density at radius 1 is 0.850 bits per heavy atom. The highest BCUT2D eigenvalue weighted by Crippen LogP contribution is 2.19. The summed E-state index contributed by atoms with van der Waals surface area (Å²) in [6, 6.07) is 16.6. The van der Waals surface area contributed by atoms with Crippen LogP contribution in [0, 0.1) is 0 Å². The number of aliphatic hydroxyl groups is 1. The first-order valence-corrected chi connectivity index (χ1v) is 6.40. The number of benzene rings is 2. The van der Waals surface area contributed by atoms with Gasteiger partial charge in [0.2, 0.25) is 0 Å². The smallest absolute Gasteiger partial charge is 0.123 e. The predicted molar refractivity (Wildman–Crippen MR) is 76.4 cm³/mol. The lowest BCUT2D eigenvalue weighted by Gasteiger charge is -2.14. The quantitative estimate of drug-likeness (QED) is 0.842. The summed E-state index contributed by atoms with van der Waals surface area (Å²) in [7, 11) is 1.60. The molecular weight excluding hydrogens is 256 g/mol. The Labute approximate surface area is 118 Å². The summed E-state index contributed by atoms with van der Waals surface area (Å²) in [6.07, 6.45) is -0.693. The van der Waals surface area contributed by atoms with Crippen LogP contribution in [0.3, 0.4) is 0 Å². The first kappa shape index (κ1) is 14.2. The number of hydrogen-bond acceptors (Lipinski definition) is 4. The van der Waals surface area contributed by atoms with E-state index in [2.05, 4.69) is 0 Å². The molecule has 0 amide bonds. The SMILES string of the molecule is COc1cccc(OCC(O)COc2ccccc2)c1. The summed E-state index contributed by atoms with van der Waals surface area (Å²) in [5, 5.41) is 9.82. The Kier molecular flexibility index (Phi) is 5.26. The van der Waals surface area contributed by atoms with E-state index in [-0.39, 0.29) is 13.2 Å². The van der Waals surface area contributed by atoms with E-state index in [1.54, 1.807) is 13.2 Å². The number of hydrogen-bond donors (Lipinski definition) is 1. The zero-order valence-corrected chi connectivity index (χ0v) is 11.4. The molecule has 0 spiro atoms. The topological polar surface area (TPSA) is 47.9 Å². The number of ether oxygens (including phenoxy) is 3. The molecule has 0 radical (unpaired) electrons. The second-order valence-electron chi connectivity index (χ2n) is 4.27. The van der Waals surface area contributed by atoms with Crippen LogP contribution in [0.1, 0.15) is 0 Å². The second kappa shape index (κ2) is 7.40. The van der Waals surface area contributed by atoms with Crippen LogP contribution in [0.15, 0.2) is 54.6 Å². The third kappa shape index (κ3) is 4.48. The lowest BCUT2D eigenvalue weighted by Crippen LogP contribution is -2.25. The van der Waals surface area contributed by atoms with Crippen molar-refractivity contribution in [2.24, 2.45) is 0 Å². The largest absolute Gasteiger partial charge is 0.497 e. The van der Waals surface area contributed by atoms with Crippen molar-refractivity contribution in [3.63, 3.8) is 0 Å². The molecule has 1 atom stereocenters. The van der Waals surface area contributed by atoms with Crippen molar-refractivity contribution in [3.05, 3.63) is 54.6 Å². The van der Waals surface area contributed by atoms with Crippen LogP contribution in [-0.4, -0.2) is 31.5 Å². The minimum absolute atomic E-state index is 0.167. The van der Waals surface area contributed by atoms with Gasteiger partial charge in [-0.2, -0.15) is 0 Å². The van der Waals surface area contributed by atoms with Gasteiger partial charge in [0.15, 0.2) is 0 Å². The fraction of sp³-hybridized carbons (Fsp3) is 0.250. The molecule has 0 bridgehead atoms. The molecule has 0 saturated heterocycles. The predicted octanol–water partition coefficient (Wildman–Crippen LogP) is 2.51. The van der Waals surface area contributed by atoms with Crippen molar-refractivity contribution in [1.29, 1.82) is 0 Å². The van der Waals surface area contributed by atoms with E-state index in [0.29, 0.717) is 5.75 Å². The fourth-order valence-corrected chi connectivity index (χ4v) is 1.64. The highest BCUT2D eigenvalue weighted by molar-refractivity contribution is 5.32. The van der Waals surface area contributed by atoms with Gasteiger partial charge < -0.3 is 19.3 Å². The van der Waals surface area contributed by atoms with E-state index >= 15 is 0 Å². The number of aliphatic hydroxyl groups excluding tert-OH is 1. The first-order valence-electron chi connectivity index (χ1n) is 6.40. The molecular formula is C16H18O4. The van der Waals surface area contributed by atoms with Gasteiger partial charge in [-0.15, -0.1) is 0 Å². The average Bonchev–Trinajstić information content (AvgIpc) is 2.52. The second-order valence-corrected chi connectivity index (χ2v) is 4.27. The lowest BCUT2D eigenvalue weighted by molar-refractivity contribution is 0.0626. The van der Waals surface area contributed by atoms with Crippen LogP contribution < -0.4 is 14.2 Å². The van der Waals surface area contributed by atoms with E-state index in [1.807, 2.05) is 48.5 Å². The van der Waals surface area contributed by atoms with Gasteiger partial charge in [0.25, 0.3) is 0 Å². The molecule has 20 heavy (non-hydrogen) atoms. The van der Waals surface area contributed by atoms with E-state index < -0.39 is 6.10 Å². The summed E-state index contributed by atoms with van der Waals surface area (Å²) >= 11 is 0. The van der Waals surface area contributed by atoms with Crippen molar-refractivity contribution in [3.8, 4) is 17.2 Å². The summed E-state index contributed by atoms with van der Waals surface area (Å²) in [5.74, 6) is 2.11. The highest BCUT2D eigenvalue weighted by atomic mass is 16.5. The number of para-hydroxylation sites is 1. The molecule has 1 unspecified atom stereocenters. The van der Waals surface area contributed by atoms with Crippen molar-refractivity contribution >= 4 is 0 Å². The Balaban J connectivity index is 1.75. The highest BCUT2D eigenvalue weighted by Gasteiger charge is 2.07. The summed E-state index contributed by atoms with van der Waals surface area (Å²) in [5.41, 5.74) is 0. The van der Waals surface area contributed by atoms with Crippen LogP contribution in [0.5, 0.6) is 17.2 Å². The third-order valence-electron chi connectivity index (χ3n) is 2.67. The van der Waals surface area contributed by atoms with E-state index in [0.717, 1.165) is 11.5 Å². The van der Waals surface area contributed by atoms with Gasteiger partial charge in [-0.1, -0.05) is 24.3 Å². The standard InChI is InChI=1S/C16H18O4/c1-18-15-8-5-9-16(10-15)20-12-13(17)11-19-14-6-3-2-4-7-14/h2-10,13,17H,11-12H2,1H3. The van der Waals surface area contributed by atoms with Gasteiger partial charge in [0.1, 0.15) is 36.6 Å². The van der Waals surface area contributed by atoms with Gasteiger partial charge in [-0.05, 0) is 24.3 Å². The van der Waals surface area contributed by atoms with Crippen molar-refractivity contribution in [2.75, 3.05) is 20.3 Å². The average molecular weight is 274 g/mol. The molecule has 0 heterocycles. The normalized spacial score (nSPS) is 11.7. The molecule has 0 aromatic heterocycles. The Bertz CT molecular complexity index is 513. The third-order valence-corrected chi connectivity index (χ3v) is 2.67. The molecule has 0 aliphatic carbocycles. The first-order chi connectivity index (χ1) is 9.78. The van der Waals surface area contributed by atoms with Crippen LogP contribution in [-0.2, 0) is 0 Å². The number of methoxy groups -OCH3 is 1. The minimum Gasteiger partial charge on any atom is -0.497 e. The fourth-order valence-electron chi connectivity index (χ4n) is 1.64. The van der Waals surface area contributed by atoms with Crippen molar-refractivity contribution in [2.45, 2.75) is 6.10 Å². The Morgan fingerprint density at radius 3 is 2.15 bits per heavy atom. The molecule has 0 aliphatic rings. The summed E-state index contributed by atoms with van der Waals surface area (Å²) in [4.78, 5) is 0. The Hall–Kier alpha value is -2.20. The molecule has 2 rings (SSSR count). The molecule has 0 fully saturated rings. The minimum atomic E-state index is -0.693. The molecule has 0 aliphatic heterocycles. The maximum atomic E-state index is 9.82.